The molecule has 0 heterocycles. The van der Waals surface area contributed by atoms with Gasteiger partial charge in [0.2, 0.25) is 0 Å². The minimum Gasteiger partial charge on any atom is -0.481 e. The summed E-state index contributed by atoms with van der Waals surface area (Å²) < 4.78 is 0. The van der Waals surface area contributed by atoms with Gasteiger partial charge in [-0.1, -0.05) is 29.8 Å². The third-order valence-electron chi connectivity index (χ3n) is 4.77. The molecule has 0 saturated heterocycles. The Kier molecular flexibility index (Phi) is 4.03. The van der Waals surface area contributed by atoms with Crippen molar-refractivity contribution in [3.63, 3.8) is 0 Å². The molecule has 0 bridgehead atoms. The van der Waals surface area contributed by atoms with Gasteiger partial charge in [-0.15, -0.1) is 0 Å². The fourth-order valence-electron chi connectivity index (χ4n) is 3.52. The lowest BCUT2D eigenvalue weighted by Gasteiger charge is -2.05. The minimum absolute atomic E-state index is 0.148. The van der Waals surface area contributed by atoms with Gasteiger partial charge in [0.25, 0.3) is 0 Å². The number of carbonyl (C=O) groups is 2. The molecule has 3 heteroatoms. The standard InChI is InChI=1S/C20H20O3/c1-12-9-15(13(2)16(12)7-8-20(22)23)10-18-17-6-4-3-5-14(17)11-19(18)21/h3-6,10H,7-9,11H2,1-2H3,(H,22,23)/b18-10-. The minimum atomic E-state index is -0.773. The van der Waals surface area contributed by atoms with Gasteiger partial charge in [-0.05, 0) is 60.6 Å². The van der Waals surface area contributed by atoms with Crippen LogP contribution < -0.4 is 0 Å². The Labute approximate surface area is 136 Å². The molecule has 23 heavy (non-hydrogen) atoms. The van der Waals surface area contributed by atoms with Crippen molar-refractivity contribution < 1.29 is 14.7 Å². The summed E-state index contributed by atoms with van der Waals surface area (Å²) in [6.45, 7) is 4.09. The van der Waals surface area contributed by atoms with E-state index in [0.29, 0.717) is 12.8 Å². The number of fused-ring (bicyclic) bond motifs is 1. The van der Waals surface area contributed by atoms with Crippen LogP contribution in [0.1, 0.15) is 44.2 Å². The quantitative estimate of drug-likeness (QED) is 0.852. The van der Waals surface area contributed by atoms with E-state index in [-0.39, 0.29) is 12.2 Å². The van der Waals surface area contributed by atoms with Crippen molar-refractivity contribution in [1.82, 2.24) is 0 Å². The van der Waals surface area contributed by atoms with Crippen molar-refractivity contribution in [2.75, 3.05) is 0 Å². The maximum Gasteiger partial charge on any atom is 0.303 e. The van der Waals surface area contributed by atoms with E-state index >= 15 is 0 Å². The number of benzene rings is 1. The second-order valence-electron chi connectivity index (χ2n) is 6.29. The van der Waals surface area contributed by atoms with Gasteiger partial charge in [0, 0.05) is 18.4 Å². The van der Waals surface area contributed by atoms with Gasteiger partial charge in [0.1, 0.15) is 0 Å². The number of carboxylic acid groups (broad SMARTS) is 1. The van der Waals surface area contributed by atoms with E-state index in [1.54, 1.807) is 0 Å². The Morgan fingerprint density at radius 1 is 1.22 bits per heavy atom. The Balaban J connectivity index is 1.92. The zero-order valence-corrected chi connectivity index (χ0v) is 13.5. The molecule has 1 aromatic carbocycles. The van der Waals surface area contributed by atoms with Gasteiger partial charge in [0.15, 0.2) is 5.78 Å². The van der Waals surface area contributed by atoms with Gasteiger partial charge in [-0.3, -0.25) is 9.59 Å². The van der Waals surface area contributed by atoms with Crippen LogP contribution in [0.3, 0.4) is 0 Å². The first kappa shape index (κ1) is 15.5. The van der Waals surface area contributed by atoms with Crippen LogP contribution in [0.2, 0.25) is 0 Å². The van der Waals surface area contributed by atoms with Crippen molar-refractivity contribution in [2.45, 2.75) is 39.5 Å². The molecule has 0 atom stereocenters. The summed E-state index contributed by atoms with van der Waals surface area (Å²) in [6.07, 6.45) is 4.01. The molecule has 0 aromatic heterocycles. The van der Waals surface area contributed by atoms with Gasteiger partial charge >= 0.3 is 5.97 Å². The Morgan fingerprint density at radius 3 is 2.70 bits per heavy atom. The van der Waals surface area contributed by atoms with E-state index in [4.69, 9.17) is 5.11 Å². The molecular weight excluding hydrogens is 288 g/mol. The molecule has 3 rings (SSSR count). The molecule has 2 aliphatic carbocycles. The largest absolute Gasteiger partial charge is 0.481 e. The van der Waals surface area contributed by atoms with Crippen LogP contribution >= 0.6 is 0 Å². The SMILES string of the molecule is CC1=C(CCC(=O)O)C(C)=C(/C=C2\C(=O)Cc3ccccc32)C1. The Hall–Kier alpha value is -2.42. The van der Waals surface area contributed by atoms with Crippen molar-refractivity contribution in [3.8, 4) is 0 Å². The molecule has 1 aromatic rings. The zero-order chi connectivity index (χ0) is 16.6. The summed E-state index contributed by atoms with van der Waals surface area (Å²) in [5, 5.41) is 8.89. The predicted molar refractivity (Wildman–Crippen MR) is 90.0 cm³/mol. The van der Waals surface area contributed by atoms with Gasteiger partial charge < -0.3 is 5.11 Å². The molecular formula is C20H20O3. The molecule has 0 unspecified atom stereocenters. The molecule has 0 radical (unpaired) electrons. The summed E-state index contributed by atoms with van der Waals surface area (Å²) in [6, 6.07) is 7.93. The van der Waals surface area contributed by atoms with E-state index in [1.165, 1.54) is 5.57 Å². The van der Waals surface area contributed by atoms with Crippen LogP contribution in [0.15, 0.2) is 52.6 Å². The van der Waals surface area contributed by atoms with Crippen LogP contribution in [-0.2, 0) is 16.0 Å². The predicted octanol–water partition coefficient (Wildman–Crippen LogP) is 4.10. The smallest absolute Gasteiger partial charge is 0.303 e. The number of Topliss-reactive ketones (excluding diaryl/α,β-unsaturated/α-hetero) is 1. The number of hydrogen-bond acceptors (Lipinski definition) is 2. The Morgan fingerprint density at radius 2 is 1.96 bits per heavy atom. The van der Waals surface area contributed by atoms with E-state index in [1.807, 2.05) is 37.3 Å². The van der Waals surface area contributed by atoms with Crippen LogP contribution in [0.25, 0.3) is 5.57 Å². The number of carboxylic acids is 1. The van der Waals surface area contributed by atoms with E-state index in [0.717, 1.165) is 39.8 Å². The fourth-order valence-corrected chi connectivity index (χ4v) is 3.52. The van der Waals surface area contributed by atoms with Crippen molar-refractivity contribution >= 4 is 17.3 Å². The summed E-state index contributed by atoms with van der Waals surface area (Å²) >= 11 is 0. The summed E-state index contributed by atoms with van der Waals surface area (Å²) in [5.41, 5.74) is 7.55. The van der Waals surface area contributed by atoms with Crippen molar-refractivity contribution in [2.24, 2.45) is 0 Å². The number of rotatable bonds is 4. The highest BCUT2D eigenvalue weighted by atomic mass is 16.4. The van der Waals surface area contributed by atoms with Crippen LogP contribution in [0, 0.1) is 0 Å². The van der Waals surface area contributed by atoms with Gasteiger partial charge in [-0.25, -0.2) is 0 Å². The first-order valence-electron chi connectivity index (χ1n) is 7.91. The molecule has 1 N–H and O–H groups in total. The fraction of sp³-hybridized carbons (Fsp3) is 0.300. The highest BCUT2D eigenvalue weighted by molar-refractivity contribution is 6.25. The second-order valence-corrected chi connectivity index (χ2v) is 6.29. The van der Waals surface area contributed by atoms with E-state index < -0.39 is 5.97 Å². The molecule has 2 aliphatic rings. The molecule has 0 amide bonds. The van der Waals surface area contributed by atoms with Gasteiger partial charge in [0.05, 0.1) is 0 Å². The lowest BCUT2D eigenvalue weighted by molar-refractivity contribution is -0.136. The maximum atomic E-state index is 12.3. The van der Waals surface area contributed by atoms with Crippen LogP contribution in [0.4, 0.5) is 0 Å². The number of ketones is 1. The summed E-state index contributed by atoms with van der Waals surface area (Å²) in [5.74, 6) is -0.604. The lowest BCUT2D eigenvalue weighted by atomic mass is 10.00. The summed E-state index contributed by atoms with van der Waals surface area (Å²) in [4.78, 5) is 23.1. The molecule has 118 valence electrons. The maximum absolute atomic E-state index is 12.3. The molecule has 0 saturated carbocycles. The second kappa shape index (κ2) is 5.99. The van der Waals surface area contributed by atoms with Crippen LogP contribution in [-0.4, -0.2) is 16.9 Å². The molecule has 0 fully saturated rings. The highest BCUT2D eigenvalue weighted by Crippen LogP contribution is 2.38. The number of allylic oxidation sites excluding steroid dienone is 6. The normalized spacial score (nSPS) is 19.0. The molecule has 0 spiro atoms. The monoisotopic (exact) mass is 308 g/mol. The topological polar surface area (TPSA) is 54.4 Å². The molecule has 3 nitrogen and oxygen atoms in total. The average molecular weight is 308 g/mol. The molecule has 0 aliphatic heterocycles. The third kappa shape index (κ3) is 2.91. The average Bonchev–Trinajstić information content (AvgIpc) is 2.95. The van der Waals surface area contributed by atoms with Crippen molar-refractivity contribution in [1.29, 1.82) is 0 Å². The van der Waals surface area contributed by atoms with Gasteiger partial charge in [-0.2, -0.15) is 0 Å². The van der Waals surface area contributed by atoms with Crippen molar-refractivity contribution in [3.05, 3.63) is 63.8 Å². The zero-order valence-electron chi connectivity index (χ0n) is 13.5. The number of carbonyl (C=O) groups excluding carboxylic acids is 1. The highest BCUT2D eigenvalue weighted by Gasteiger charge is 2.26. The van der Waals surface area contributed by atoms with E-state index in [9.17, 15) is 9.59 Å². The third-order valence-corrected chi connectivity index (χ3v) is 4.77. The number of hydrogen-bond donors (Lipinski definition) is 1. The number of aliphatic carboxylic acids is 1. The Bertz CT molecular complexity index is 791. The van der Waals surface area contributed by atoms with Crippen LogP contribution in [0.5, 0.6) is 0 Å². The lowest BCUT2D eigenvalue weighted by Crippen LogP contribution is -1.97. The van der Waals surface area contributed by atoms with E-state index in [2.05, 4.69) is 6.92 Å². The first-order chi connectivity index (χ1) is 11.0. The first-order valence-corrected chi connectivity index (χ1v) is 7.91. The summed E-state index contributed by atoms with van der Waals surface area (Å²) in [7, 11) is 0.